The van der Waals surface area contributed by atoms with Crippen molar-refractivity contribution in [2.24, 2.45) is 0 Å². The molecule has 1 aliphatic rings. The first-order valence-corrected chi connectivity index (χ1v) is 8.77. The Morgan fingerprint density at radius 3 is 3.00 bits per heavy atom. The molecule has 3 aromatic heterocycles. The second-order valence-electron chi connectivity index (χ2n) is 5.54. The number of carbonyl (C=O) groups is 1. The highest BCUT2D eigenvalue weighted by molar-refractivity contribution is 7.12. The molecule has 1 fully saturated rings. The van der Waals surface area contributed by atoms with Crippen LogP contribution in [0.3, 0.4) is 0 Å². The monoisotopic (exact) mass is 357 g/mol. The zero-order chi connectivity index (χ0) is 17.1. The Kier molecular flexibility index (Phi) is 4.49. The van der Waals surface area contributed by atoms with Gasteiger partial charge in [0.1, 0.15) is 5.69 Å². The summed E-state index contributed by atoms with van der Waals surface area (Å²) in [5.41, 5.74) is 1.29. The second kappa shape index (κ2) is 7.08. The van der Waals surface area contributed by atoms with Gasteiger partial charge in [-0.2, -0.15) is 4.98 Å². The Labute approximate surface area is 147 Å². The first kappa shape index (κ1) is 15.9. The van der Waals surface area contributed by atoms with Crippen LogP contribution in [0.1, 0.15) is 22.6 Å². The third-order valence-electron chi connectivity index (χ3n) is 3.80. The van der Waals surface area contributed by atoms with Crippen LogP contribution in [0.5, 0.6) is 0 Å². The van der Waals surface area contributed by atoms with Crippen molar-refractivity contribution >= 4 is 17.2 Å². The molecule has 0 spiro atoms. The van der Waals surface area contributed by atoms with Crippen LogP contribution in [0.15, 0.2) is 34.4 Å². The number of pyridine rings is 1. The fraction of sp³-hybridized carbons (Fsp3) is 0.312. The van der Waals surface area contributed by atoms with E-state index in [-0.39, 0.29) is 17.9 Å². The molecule has 128 valence electrons. The van der Waals surface area contributed by atoms with Gasteiger partial charge in [0.2, 0.25) is 5.82 Å². The van der Waals surface area contributed by atoms with E-state index in [1.807, 2.05) is 0 Å². The molecule has 0 aromatic carbocycles. The number of thiazole rings is 1. The third-order valence-corrected chi connectivity index (χ3v) is 4.64. The maximum Gasteiger partial charge on any atom is 0.280 e. The van der Waals surface area contributed by atoms with Gasteiger partial charge in [0.05, 0.1) is 6.10 Å². The van der Waals surface area contributed by atoms with Crippen LogP contribution >= 0.6 is 11.3 Å². The molecule has 25 heavy (non-hydrogen) atoms. The average molecular weight is 357 g/mol. The molecule has 1 aliphatic heterocycles. The van der Waals surface area contributed by atoms with Gasteiger partial charge < -0.3 is 14.6 Å². The highest BCUT2D eigenvalue weighted by atomic mass is 32.1. The predicted molar refractivity (Wildman–Crippen MR) is 89.9 cm³/mol. The Balaban J connectivity index is 1.44. The van der Waals surface area contributed by atoms with Crippen molar-refractivity contribution in [1.82, 2.24) is 25.4 Å². The number of nitrogens with zero attached hydrogens (tertiary/aromatic N) is 4. The molecular weight excluding hydrogens is 342 g/mol. The Morgan fingerprint density at radius 2 is 2.20 bits per heavy atom. The zero-order valence-corrected chi connectivity index (χ0v) is 14.0. The van der Waals surface area contributed by atoms with Gasteiger partial charge in [-0.25, -0.2) is 4.98 Å². The van der Waals surface area contributed by atoms with E-state index in [1.165, 1.54) is 11.3 Å². The smallest absolute Gasteiger partial charge is 0.280 e. The lowest BCUT2D eigenvalue weighted by Gasteiger charge is -2.09. The fourth-order valence-electron chi connectivity index (χ4n) is 2.51. The number of aromatic nitrogens is 4. The molecule has 0 aliphatic carbocycles. The molecule has 3 aromatic rings. The molecule has 0 saturated carbocycles. The van der Waals surface area contributed by atoms with Gasteiger partial charge in [0.25, 0.3) is 11.8 Å². The van der Waals surface area contributed by atoms with E-state index in [4.69, 9.17) is 9.26 Å². The topological polar surface area (TPSA) is 103 Å². The highest BCUT2D eigenvalue weighted by Crippen LogP contribution is 2.23. The summed E-state index contributed by atoms with van der Waals surface area (Å²) in [6.45, 7) is 1.26. The number of carbonyl (C=O) groups excluding carboxylic acids is 1. The maximum atomic E-state index is 12.2. The standard InChI is InChI=1S/C16H15N5O3S/c22-14(18-8-11-2-1-7-23-11)16-19-12(9-25-16)15-20-13(21-24-15)10-3-5-17-6-4-10/h3-6,9,11H,1-2,7-8H2,(H,18,22)/t11-/m0/s1. The Bertz CT molecular complexity index is 858. The summed E-state index contributed by atoms with van der Waals surface area (Å²) in [6.07, 6.45) is 5.43. The summed E-state index contributed by atoms with van der Waals surface area (Å²) in [5.74, 6) is 0.511. The van der Waals surface area contributed by atoms with Gasteiger partial charge in [0, 0.05) is 36.5 Å². The lowest BCUT2D eigenvalue weighted by Crippen LogP contribution is -2.31. The molecule has 1 N–H and O–H groups in total. The predicted octanol–water partition coefficient (Wildman–Crippen LogP) is 2.16. The van der Waals surface area contributed by atoms with Crippen LogP contribution < -0.4 is 5.32 Å². The van der Waals surface area contributed by atoms with E-state index < -0.39 is 0 Å². The van der Waals surface area contributed by atoms with E-state index in [0.717, 1.165) is 25.0 Å². The minimum atomic E-state index is -0.222. The quantitative estimate of drug-likeness (QED) is 0.746. The number of amides is 1. The molecule has 9 heteroatoms. The zero-order valence-electron chi connectivity index (χ0n) is 13.2. The van der Waals surface area contributed by atoms with E-state index in [9.17, 15) is 4.79 Å². The number of hydrogen-bond donors (Lipinski definition) is 1. The summed E-state index contributed by atoms with van der Waals surface area (Å²) in [5, 5.41) is 8.87. The van der Waals surface area contributed by atoms with Crippen LogP contribution in [-0.4, -0.2) is 45.3 Å². The minimum Gasteiger partial charge on any atom is -0.376 e. The van der Waals surface area contributed by atoms with Gasteiger partial charge in [-0.05, 0) is 25.0 Å². The van der Waals surface area contributed by atoms with Gasteiger partial charge in [-0.1, -0.05) is 5.16 Å². The first-order valence-electron chi connectivity index (χ1n) is 7.89. The minimum absolute atomic E-state index is 0.0993. The molecule has 0 radical (unpaired) electrons. The Hall–Kier alpha value is -2.65. The van der Waals surface area contributed by atoms with Crippen LogP contribution in [0.25, 0.3) is 23.0 Å². The normalized spacial score (nSPS) is 16.9. The molecular formula is C16H15N5O3S. The maximum absolute atomic E-state index is 12.2. The molecule has 4 heterocycles. The summed E-state index contributed by atoms with van der Waals surface area (Å²) in [4.78, 5) is 24.7. The lowest BCUT2D eigenvalue weighted by molar-refractivity contribution is 0.0857. The van der Waals surface area contributed by atoms with Crippen LogP contribution in [0.4, 0.5) is 0 Å². The second-order valence-corrected chi connectivity index (χ2v) is 6.40. The molecule has 8 nitrogen and oxygen atoms in total. The molecule has 0 unspecified atom stereocenters. The highest BCUT2D eigenvalue weighted by Gasteiger charge is 2.20. The van der Waals surface area contributed by atoms with Crippen molar-refractivity contribution in [1.29, 1.82) is 0 Å². The number of rotatable bonds is 5. The summed E-state index contributed by atoms with van der Waals surface area (Å²) < 4.78 is 10.7. The molecule has 0 bridgehead atoms. The van der Waals surface area contributed by atoms with Gasteiger partial charge in [0.15, 0.2) is 5.01 Å². The largest absolute Gasteiger partial charge is 0.376 e. The Morgan fingerprint density at radius 1 is 1.32 bits per heavy atom. The van der Waals surface area contributed by atoms with E-state index in [0.29, 0.717) is 23.1 Å². The number of nitrogens with one attached hydrogen (secondary N) is 1. The average Bonchev–Trinajstić information content (AvgIpc) is 3.41. The fourth-order valence-corrected chi connectivity index (χ4v) is 3.22. The summed E-state index contributed by atoms with van der Waals surface area (Å²) in [7, 11) is 0. The summed E-state index contributed by atoms with van der Waals surface area (Å²) in [6, 6.07) is 3.58. The number of ether oxygens (including phenoxy) is 1. The van der Waals surface area contributed by atoms with Crippen molar-refractivity contribution in [3.05, 3.63) is 34.9 Å². The SMILES string of the molecule is O=C(NC[C@@H]1CCCO1)c1nc(-c2nc(-c3ccncc3)no2)cs1. The van der Waals surface area contributed by atoms with Crippen LogP contribution in [-0.2, 0) is 4.74 Å². The van der Waals surface area contributed by atoms with Crippen molar-refractivity contribution < 1.29 is 14.1 Å². The van der Waals surface area contributed by atoms with E-state index in [2.05, 4.69) is 25.4 Å². The molecule has 1 saturated heterocycles. The van der Waals surface area contributed by atoms with Gasteiger partial charge in [-0.3, -0.25) is 9.78 Å². The van der Waals surface area contributed by atoms with Gasteiger partial charge in [-0.15, -0.1) is 11.3 Å². The van der Waals surface area contributed by atoms with Crippen molar-refractivity contribution in [2.75, 3.05) is 13.2 Å². The number of hydrogen-bond acceptors (Lipinski definition) is 8. The van der Waals surface area contributed by atoms with Gasteiger partial charge >= 0.3 is 0 Å². The molecule has 4 rings (SSSR count). The van der Waals surface area contributed by atoms with Crippen molar-refractivity contribution in [3.63, 3.8) is 0 Å². The van der Waals surface area contributed by atoms with Crippen LogP contribution in [0.2, 0.25) is 0 Å². The molecule has 1 atom stereocenters. The van der Waals surface area contributed by atoms with Crippen molar-refractivity contribution in [3.8, 4) is 23.0 Å². The first-order chi connectivity index (χ1) is 12.3. The lowest BCUT2D eigenvalue weighted by atomic mass is 10.2. The van der Waals surface area contributed by atoms with E-state index in [1.54, 1.807) is 29.9 Å². The van der Waals surface area contributed by atoms with E-state index >= 15 is 0 Å². The summed E-state index contributed by atoms with van der Waals surface area (Å²) >= 11 is 1.24. The van der Waals surface area contributed by atoms with Crippen molar-refractivity contribution in [2.45, 2.75) is 18.9 Å². The molecule has 1 amide bonds. The third kappa shape index (κ3) is 3.57. The van der Waals surface area contributed by atoms with Crippen LogP contribution in [0, 0.1) is 0 Å².